The highest BCUT2D eigenvalue weighted by Gasteiger charge is 2.06. The number of aromatic amines is 1. The average molecular weight is 290 g/mol. The summed E-state index contributed by atoms with van der Waals surface area (Å²) in [5.41, 5.74) is -0.270. The number of carbonyl (C=O) groups excluding carboxylic acids is 1. The van der Waals surface area contributed by atoms with E-state index in [0.717, 1.165) is 0 Å². The van der Waals surface area contributed by atoms with Crippen LogP contribution in [0.2, 0.25) is 0 Å². The van der Waals surface area contributed by atoms with Crippen LogP contribution in [0, 0.1) is 0 Å². The quantitative estimate of drug-likeness (QED) is 0.787. The number of nitrogens with one attached hydrogen (secondary N) is 2. The van der Waals surface area contributed by atoms with Crippen LogP contribution in [0.3, 0.4) is 0 Å². The second kappa shape index (κ2) is 6.26. The largest absolute Gasteiger partial charge is 0.466 e. The van der Waals surface area contributed by atoms with Crippen LogP contribution in [0.5, 0.6) is 0 Å². The second-order valence-corrected chi connectivity index (χ2v) is 3.67. The lowest BCUT2D eigenvalue weighted by molar-refractivity contribution is -0.142. The molecule has 0 atom stereocenters. The molecule has 88 valence electrons. The Balaban J connectivity index is 2.46. The first-order valence-corrected chi connectivity index (χ1v) is 5.57. The average Bonchev–Trinajstić information content (AvgIpc) is 2.25. The summed E-state index contributed by atoms with van der Waals surface area (Å²) in [4.78, 5) is 28.5. The van der Waals surface area contributed by atoms with E-state index in [1.54, 1.807) is 6.92 Å². The van der Waals surface area contributed by atoms with Crippen molar-refractivity contribution in [2.45, 2.75) is 13.3 Å². The highest BCUT2D eigenvalue weighted by Crippen LogP contribution is 2.12. The lowest BCUT2D eigenvalue weighted by atomic mass is 10.4. The predicted molar refractivity (Wildman–Crippen MR) is 62.3 cm³/mol. The van der Waals surface area contributed by atoms with Crippen molar-refractivity contribution in [1.29, 1.82) is 0 Å². The zero-order valence-corrected chi connectivity index (χ0v) is 10.3. The smallest absolute Gasteiger partial charge is 0.307 e. The zero-order valence-electron chi connectivity index (χ0n) is 8.75. The molecular formula is C9H12BrN3O3. The molecule has 2 N–H and O–H groups in total. The van der Waals surface area contributed by atoms with Gasteiger partial charge in [0.25, 0.3) is 5.56 Å². The third kappa shape index (κ3) is 3.65. The topological polar surface area (TPSA) is 84.1 Å². The maximum Gasteiger partial charge on any atom is 0.307 e. The molecule has 0 fully saturated rings. The molecule has 1 heterocycles. The molecule has 0 aliphatic carbocycles. The van der Waals surface area contributed by atoms with Crippen molar-refractivity contribution < 1.29 is 9.53 Å². The Kier molecular flexibility index (Phi) is 4.97. The van der Waals surface area contributed by atoms with Crippen LogP contribution < -0.4 is 10.9 Å². The van der Waals surface area contributed by atoms with Crippen molar-refractivity contribution >= 4 is 27.7 Å². The number of nitrogens with zero attached hydrogens (tertiary/aromatic N) is 1. The molecule has 0 unspecified atom stereocenters. The molecule has 0 spiro atoms. The Morgan fingerprint density at radius 3 is 3.12 bits per heavy atom. The summed E-state index contributed by atoms with van der Waals surface area (Å²) in [5.74, 6) is 0.129. The van der Waals surface area contributed by atoms with Crippen molar-refractivity contribution in [3.8, 4) is 0 Å². The van der Waals surface area contributed by atoms with Crippen LogP contribution in [0.25, 0.3) is 0 Å². The first kappa shape index (κ1) is 12.7. The standard InChI is InChI=1S/C9H12BrN3O3/c1-2-16-6(14)3-4-11-8-7(10)9(15)13-5-12-8/h5H,2-4H2,1H3,(H2,11,12,13,15). The molecule has 0 aliphatic rings. The summed E-state index contributed by atoms with van der Waals surface area (Å²) < 4.78 is 5.07. The molecule has 16 heavy (non-hydrogen) atoms. The van der Waals surface area contributed by atoms with E-state index in [9.17, 15) is 9.59 Å². The summed E-state index contributed by atoms with van der Waals surface area (Å²) in [6.45, 7) is 2.49. The number of hydrogen-bond acceptors (Lipinski definition) is 5. The maximum absolute atomic E-state index is 11.2. The summed E-state index contributed by atoms with van der Waals surface area (Å²) >= 11 is 3.09. The summed E-state index contributed by atoms with van der Waals surface area (Å²) in [5, 5.41) is 2.86. The number of rotatable bonds is 5. The Morgan fingerprint density at radius 1 is 1.69 bits per heavy atom. The summed E-state index contributed by atoms with van der Waals surface area (Å²) in [7, 11) is 0. The van der Waals surface area contributed by atoms with Gasteiger partial charge in [0.1, 0.15) is 10.3 Å². The molecule has 1 aromatic rings. The van der Waals surface area contributed by atoms with Gasteiger partial charge < -0.3 is 15.0 Å². The van der Waals surface area contributed by atoms with Crippen molar-refractivity contribution in [3.05, 3.63) is 21.2 Å². The minimum Gasteiger partial charge on any atom is -0.466 e. The molecule has 7 heteroatoms. The monoisotopic (exact) mass is 289 g/mol. The second-order valence-electron chi connectivity index (χ2n) is 2.88. The van der Waals surface area contributed by atoms with Gasteiger partial charge in [-0.2, -0.15) is 0 Å². The van der Waals surface area contributed by atoms with Crippen LogP contribution in [-0.4, -0.2) is 29.1 Å². The van der Waals surface area contributed by atoms with Gasteiger partial charge in [-0.05, 0) is 22.9 Å². The molecule has 0 saturated carbocycles. The number of hydrogen-bond donors (Lipinski definition) is 2. The fraction of sp³-hybridized carbons (Fsp3) is 0.444. The molecule has 1 rings (SSSR count). The Bertz CT molecular complexity index is 419. The fourth-order valence-corrected chi connectivity index (χ4v) is 1.38. The number of anilines is 1. The minimum absolute atomic E-state index is 0.231. The van der Waals surface area contributed by atoms with Gasteiger partial charge in [-0.3, -0.25) is 9.59 Å². The molecule has 0 radical (unpaired) electrons. The molecule has 0 amide bonds. The lowest BCUT2D eigenvalue weighted by Crippen LogP contribution is -2.15. The summed E-state index contributed by atoms with van der Waals surface area (Å²) in [6, 6.07) is 0. The normalized spacial score (nSPS) is 9.88. The number of aromatic nitrogens is 2. The van der Waals surface area contributed by atoms with E-state index >= 15 is 0 Å². The van der Waals surface area contributed by atoms with Crippen LogP contribution in [-0.2, 0) is 9.53 Å². The van der Waals surface area contributed by atoms with Gasteiger partial charge in [-0.15, -0.1) is 0 Å². The highest BCUT2D eigenvalue weighted by molar-refractivity contribution is 9.10. The van der Waals surface area contributed by atoms with Gasteiger partial charge in [-0.1, -0.05) is 0 Å². The SMILES string of the molecule is CCOC(=O)CCNc1nc[nH]c(=O)c1Br. The summed E-state index contributed by atoms with van der Waals surface area (Å²) in [6.07, 6.45) is 1.52. The molecule has 0 aliphatic heterocycles. The van der Waals surface area contributed by atoms with E-state index in [4.69, 9.17) is 4.74 Å². The van der Waals surface area contributed by atoms with Crippen molar-refractivity contribution in [2.24, 2.45) is 0 Å². The maximum atomic E-state index is 11.2. The van der Waals surface area contributed by atoms with Gasteiger partial charge in [0, 0.05) is 6.54 Å². The predicted octanol–water partition coefficient (Wildman–Crippen LogP) is 0.897. The molecule has 1 aromatic heterocycles. The van der Waals surface area contributed by atoms with Crippen LogP contribution >= 0.6 is 15.9 Å². The van der Waals surface area contributed by atoms with E-state index in [1.165, 1.54) is 6.33 Å². The Labute approximate surface area is 101 Å². The van der Waals surface area contributed by atoms with E-state index in [0.29, 0.717) is 23.4 Å². The van der Waals surface area contributed by atoms with Crippen molar-refractivity contribution in [2.75, 3.05) is 18.5 Å². The Morgan fingerprint density at radius 2 is 2.44 bits per heavy atom. The van der Waals surface area contributed by atoms with E-state index < -0.39 is 0 Å². The number of halogens is 1. The van der Waals surface area contributed by atoms with Crippen LogP contribution in [0.4, 0.5) is 5.82 Å². The van der Waals surface area contributed by atoms with Gasteiger partial charge in [0.2, 0.25) is 0 Å². The van der Waals surface area contributed by atoms with Crippen LogP contribution in [0.1, 0.15) is 13.3 Å². The van der Waals surface area contributed by atoms with Gasteiger partial charge in [-0.25, -0.2) is 4.98 Å². The molecule has 0 saturated heterocycles. The van der Waals surface area contributed by atoms with Crippen molar-refractivity contribution in [1.82, 2.24) is 9.97 Å². The first-order valence-electron chi connectivity index (χ1n) is 4.77. The first-order chi connectivity index (χ1) is 7.65. The third-order valence-electron chi connectivity index (χ3n) is 1.72. The molecular weight excluding hydrogens is 278 g/mol. The molecule has 6 nitrogen and oxygen atoms in total. The number of H-pyrrole nitrogens is 1. The number of ether oxygens (including phenoxy) is 1. The Hall–Kier alpha value is -1.37. The minimum atomic E-state index is -0.282. The van der Waals surface area contributed by atoms with E-state index in [-0.39, 0.29) is 17.9 Å². The molecule has 0 bridgehead atoms. The van der Waals surface area contributed by atoms with Gasteiger partial charge in [0.05, 0.1) is 19.4 Å². The van der Waals surface area contributed by atoms with E-state index in [1.807, 2.05) is 0 Å². The number of esters is 1. The van der Waals surface area contributed by atoms with Crippen molar-refractivity contribution in [3.63, 3.8) is 0 Å². The molecule has 0 aromatic carbocycles. The van der Waals surface area contributed by atoms with E-state index in [2.05, 4.69) is 31.2 Å². The lowest BCUT2D eigenvalue weighted by Gasteiger charge is -2.05. The fourth-order valence-electron chi connectivity index (χ4n) is 1.02. The zero-order chi connectivity index (χ0) is 12.0. The highest BCUT2D eigenvalue weighted by atomic mass is 79.9. The van der Waals surface area contributed by atoms with Gasteiger partial charge >= 0.3 is 5.97 Å². The number of carbonyl (C=O) groups is 1. The van der Waals surface area contributed by atoms with Crippen LogP contribution in [0.15, 0.2) is 15.6 Å². The van der Waals surface area contributed by atoms with Gasteiger partial charge in [0.15, 0.2) is 0 Å². The third-order valence-corrected chi connectivity index (χ3v) is 2.46.